The van der Waals surface area contributed by atoms with Crippen LogP contribution < -0.4 is 0 Å². The third-order valence-electron chi connectivity index (χ3n) is 3.34. The standard InChI is InChI=1S/C15H9N5O2S/c21-20(22)13-5-7-19(18-13)15-11-3-1-2-4-12(11)16-14(17-15)10-6-8-23-9-10/h1-9H. The first kappa shape index (κ1) is 13.5. The molecule has 0 fully saturated rings. The second-order valence-corrected chi connectivity index (χ2v) is 5.56. The van der Waals surface area contributed by atoms with E-state index < -0.39 is 4.92 Å². The fourth-order valence-corrected chi connectivity index (χ4v) is 2.92. The van der Waals surface area contributed by atoms with Gasteiger partial charge in [0.15, 0.2) is 11.6 Å². The smallest absolute Gasteiger partial charge is 0.358 e. The van der Waals surface area contributed by atoms with E-state index in [1.54, 1.807) is 11.3 Å². The van der Waals surface area contributed by atoms with Crippen LogP contribution in [0.5, 0.6) is 0 Å². The van der Waals surface area contributed by atoms with Crippen LogP contribution in [-0.4, -0.2) is 24.7 Å². The van der Waals surface area contributed by atoms with E-state index in [1.807, 2.05) is 41.1 Å². The average molecular weight is 323 g/mol. The zero-order valence-corrected chi connectivity index (χ0v) is 12.5. The molecule has 0 unspecified atom stereocenters. The maximum atomic E-state index is 10.9. The van der Waals surface area contributed by atoms with Crippen LogP contribution in [0.4, 0.5) is 5.82 Å². The zero-order chi connectivity index (χ0) is 15.8. The highest BCUT2D eigenvalue weighted by Gasteiger charge is 2.17. The van der Waals surface area contributed by atoms with Crippen LogP contribution in [0.25, 0.3) is 28.1 Å². The van der Waals surface area contributed by atoms with Gasteiger partial charge in [0.2, 0.25) is 0 Å². The highest BCUT2D eigenvalue weighted by atomic mass is 32.1. The number of rotatable bonds is 3. The number of hydrogen-bond acceptors (Lipinski definition) is 6. The molecular formula is C15H9N5O2S. The van der Waals surface area contributed by atoms with Crippen molar-refractivity contribution in [1.29, 1.82) is 0 Å². The molecule has 1 aromatic carbocycles. The third-order valence-corrected chi connectivity index (χ3v) is 4.02. The Morgan fingerprint density at radius 3 is 2.74 bits per heavy atom. The van der Waals surface area contributed by atoms with Gasteiger partial charge in [-0.15, -0.1) is 4.68 Å². The van der Waals surface area contributed by atoms with E-state index in [2.05, 4.69) is 15.1 Å². The predicted molar refractivity (Wildman–Crippen MR) is 86.6 cm³/mol. The van der Waals surface area contributed by atoms with Gasteiger partial charge in [-0.05, 0) is 28.5 Å². The summed E-state index contributed by atoms with van der Waals surface area (Å²) in [4.78, 5) is 19.5. The molecule has 0 amide bonds. The predicted octanol–water partition coefficient (Wildman–Crippen LogP) is 3.45. The molecule has 0 bridgehead atoms. The third kappa shape index (κ3) is 2.34. The molecule has 0 aliphatic heterocycles. The van der Waals surface area contributed by atoms with Crippen molar-refractivity contribution in [3.8, 4) is 17.2 Å². The van der Waals surface area contributed by atoms with Gasteiger partial charge in [-0.2, -0.15) is 11.3 Å². The van der Waals surface area contributed by atoms with Crippen molar-refractivity contribution in [3.63, 3.8) is 0 Å². The van der Waals surface area contributed by atoms with Gasteiger partial charge in [-0.3, -0.25) is 0 Å². The van der Waals surface area contributed by atoms with Crippen molar-refractivity contribution in [2.75, 3.05) is 0 Å². The lowest BCUT2D eigenvalue weighted by molar-refractivity contribution is -0.389. The van der Waals surface area contributed by atoms with E-state index in [0.717, 1.165) is 16.5 Å². The van der Waals surface area contributed by atoms with Crippen molar-refractivity contribution in [2.24, 2.45) is 0 Å². The summed E-state index contributed by atoms with van der Waals surface area (Å²) < 4.78 is 1.41. The van der Waals surface area contributed by atoms with Crippen molar-refractivity contribution in [1.82, 2.24) is 19.7 Å². The maximum absolute atomic E-state index is 10.9. The summed E-state index contributed by atoms with van der Waals surface area (Å²) in [6, 6.07) is 10.8. The normalized spacial score (nSPS) is 11.0. The number of nitro groups is 1. The van der Waals surface area contributed by atoms with Gasteiger partial charge in [-0.1, -0.05) is 12.1 Å². The Balaban J connectivity index is 1.98. The summed E-state index contributed by atoms with van der Waals surface area (Å²) in [6.45, 7) is 0. The summed E-state index contributed by atoms with van der Waals surface area (Å²) >= 11 is 1.56. The Hall–Kier alpha value is -3.13. The largest absolute Gasteiger partial charge is 0.390 e. The molecule has 4 aromatic rings. The number of para-hydroxylation sites is 1. The SMILES string of the molecule is O=[N+]([O-])c1ccn(-c2nc(-c3ccsc3)nc3ccccc23)n1. The molecule has 0 N–H and O–H groups in total. The molecule has 4 rings (SSSR count). The van der Waals surface area contributed by atoms with Crippen molar-refractivity contribution >= 4 is 28.1 Å². The monoisotopic (exact) mass is 323 g/mol. The molecule has 7 nitrogen and oxygen atoms in total. The van der Waals surface area contributed by atoms with Gasteiger partial charge in [0.05, 0.1) is 22.9 Å². The molecule has 23 heavy (non-hydrogen) atoms. The lowest BCUT2D eigenvalue weighted by Crippen LogP contribution is -2.03. The van der Waals surface area contributed by atoms with E-state index in [9.17, 15) is 10.1 Å². The van der Waals surface area contributed by atoms with Crippen molar-refractivity contribution in [3.05, 3.63) is 63.5 Å². The minimum atomic E-state index is -0.528. The quantitative estimate of drug-likeness (QED) is 0.426. The second kappa shape index (κ2) is 5.25. The summed E-state index contributed by atoms with van der Waals surface area (Å²) in [5, 5.41) is 19.5. The van der Waals surface area contributed by atoms with E-state index in [1.165, 1.54) is 16.9 Å². The minimum absolute atomic E-state index is 0.218. The highest BCUT2D eigenvalue weighted by molar-refractivity contribution is 7.08. The fraction of sp³-hybridized carbons (Fsp3) is 0. The summed E-state index contributed by atoms with van der Waals surface area (Å²) in [5.74, 6) is 0.868. The second-order valence-electron chi connectivity index (χ2n) is 4.78. The Morgan fingerprint density at radius 1 is 1.13 bits per heavy atom. The molecule has 112 valence electrons. The molecule has 8 heteroatoms. The van der Waals surface area contributed by atoms with Gasteiger partial charge in [0.25, 0.3) is 0 Å². The average Bonchev–Trinajstić information content (AvgIpc) is 3.25. The fourth-order valence-electron chi connectivity index (χ4n) is 2.28. The molecule has 3 heterocycles. The van der Waals surface area contributed by atoms with E-state index in [4.69, 9.17) is 0 Å². The first-order valence-electron chi connectivity index (χ1n) is 6.72. The van der Waals surface area contributed by atoms with Gasteiger partial charge in [0, 0.05) is 16.3 Å². The first-order valence-corrected chi connectivity index (χ1v) is 7.66. The van der Waals surface area contributed by atoms with Crippen molar-refractivity contribution in [2.45, 2.75) is 0 Å². The number of thiophene rings is 1. The van der Waals surface area contributed by atoms with Crippen LogP contribution in [-0.2, 0) is 0 Å². The summed E-state index contributed by atoms with van der Waals surface area (Å²) in [6.07, 6.45) is 1.53. The molecule has 0 saturated heterocycles. The lowest BCUT2D eigenvalue weighted by Gasteiger charge is -2.05. The molecule has 0 saturated carbocycles. The number of benzene rings is 1. The molecular weight excluding hydrogens is 314 g/mol. The van der Waals surface area contributed by atoms with Gasteiger partial charge in [-0.25, -0.2) is 9.97 Å². The van der Waals surface area contributed by atoms with Crippen LogP contribution >= 0.6 is 11.3 Å². The van der Waals surface area contributed by atoms with Gasteiger partial charge < -0.3 is 10.1 Å². The van der Waals surface area contributed by atoms with E-state index in [-0.39, 0.29) is 5.82 Å². The number of nitrogens with zero attached hydrogens (tertiary/aromatic N) is 5. The van der Waals surface area contributed by atoms with Crippen LogP contribution in [0.1, 0.15) is 0 Å². The molecule has 0 spiro atoms. The number of hydrogen-bond donors (Lipinski definition) is 0. The van der Waals surface area contributed by atoms with Crippen LogP contribution in [0.15, 0.2) is 53.4 Å². The highest BCUT2D eigenvalue weighted by Crippen LogP contribution is 2.25. The molecule has 0 aliphatic carbocycles. The number of aromatic nitrogens is 4. The molecule has 0 radical (unpaired) electrons. The molecule has 3 aromatic heterocycles. The Labute approximate surface area is 134 Å². The van der Waals surface area contributed by atoms with Crippen LogP contribution in [0.3, 0.4) is 0 Å². The summed E-state index contributed by atoms with van der Waals surface area (Å²) in [5.41, 5.74) is 1.67. The van der Waals surface area contributed by atoms with E-state index >= 15 is 0 Å². The van der Waals surface area contributed by atoms with Crippen molar-refractivity contribution < 1.29 is 4.92 Å². The Bertz CT molecular complexity index is 1010. The topological polar surface area (TPSA) is 86.7 Å². The Kier molecular flexibility index (Phi) is 3.09. The van der Waals surface area contributed by atoms with Crippen LogP contribution in [0, 0.1) is 10.1 Å². The minimum Gasteiger partial charge on any atom is -0.358 e. The van der Waals surface area contributed by atoms with Crippen LogP contribution in [0.2, 0.25) is 0 Å². The Morgan fingerprint density at radius 2 is 2.00 bits per heavy atom. The van der Waals surface area contributed by atoms with Gasteiger partial charge >= 0.3 is 5.82 Å². The summed E-state index contributed by atoms with van der Waals surface area (Å²) in [7, 11) is 0. The van der Waals surface area contributed by atoms with E-state index in [0.29, 0.717) is 11.6 Å². The van der Waals surface area contributed by atoms with Gasteiger partial charge in [0.1, 0.15) is 0 Å². The zero-order valence-electron chi connectivity index (χ0n) is 11.7. The lowest BCUT2D eigenvalue weighted by atomic mass is 10.2. The molecule has 0 atom stereocenters. The maximum Gasteiger partial charge on any atom is 0.390 e. The number of fused-ring (bicyclic) bond motifs is 1. The molecule has 0 aliphatic rings. The first-order chi connectivity index (χ1) is 11.2.